The second kappa shape index (κ2) is 6.78. The molecular formula is C28H18N2. The van der Waals surface area contributed by atoms with Gasteiger partial charge in [0.2, 0.25) is 0 Å². The summed E-state index contributed by atoms with van der Waals surface area (Å²) in [7, 11) is 0. The number of benzene rings is 4. The van der Waals surface area contributed by atoms with Crippen LogP contribution in [0.4, 0.5) is 0 Å². The highest BCUT2D eigenvalue weighted by Crippen LogP contribution is 2.26. The Morgan fingerprint density at radius 1 is 0.433 bits per heavy atom. The zero-order chi connectivity index (χ0) is 19.9. The van der Waals surface area contributed by atoms with Gasteiger partial charge >= 0.3 is 0 Å². The number of rotatable bonds is 2. The SMILES string of the molecule is C(=Cc1cccc2cc3ccccc3nc12)c1cccc2cc3ccccc3nc12. The summed E-state index contributed by atoms with van der Waals surface area (Å²) >= 11 is 0. The summed E-state index contributed by atoms with van der Waals surface area (Å²) in [6.07, 6.45) is 4.30. The van der Waals surface area contributed by atoms with E-state index in [9.17, 15) is 0 Å². The molecule has 0 aliphatic carbocycles. The third-order valence-electron chi connectivity index (χ3n) is 5.60. The van der Waals surface area contributed by atoms with Crippen LogP contribution in [0.3, 0.4) is 0 Å². The number of hydrogen-bond acceptors (Lipinski definition) is 2. The molecule has 6 rings (SSSR count). The van der Waals surface area contributed by atoms with Gasteiger partial charge in [-0.15, -0.1) is 0 Å². The fourth-order valence-corrected chi connectivity index (χ4v) is 4.10. The second-order valence-electron chi connectivity index (χ2n) is 7.53. The van der Waals surface area contributed by atoms with E-state index >= 15 is 0 Å². The maximum atomic E-state index is 4.93. The number of para-hydroxylation sites is 4. The first-order chi connectivity index (χ1) is 14.8. The van der Waals surface area contributed by atoms with Crippen molar-refractivity contribution in [2.75, 3.05) is 0 Å². The van der Waals surface area contributed by atoms with Crippen molar-refractivity contribution in [3.63, 3.8) is 0 Å². The van der Waals surface area contributed by atoms with Crippen molar-refractivity contribution in [3.05, 3.63) is 108 Å². The lowest BCUT2D eigenvalue weighted by atomic mass is 10.0. The number of hydrogen-bond donors (Lipinski definition) is 0. The molecular weight excluding hydrogens is 364 g/mol. The first-order valence-electron chi connectivity index (χ1n) is 10.1. The Balaban J connectivity index is 1.51. The van der Waals surface area contributed by atoms with E-state index in [2.05, 4.69) is 97.1 Å². The average molecular weight is 382 g/mol. The summed E-state index contributed by atoms with van der Waals surface area (Å²) in [6.45, 7) is 0. The Morgan fingerprint density at radius 3 is 1.37 bits per heavy atom. The van der Waals surface area contributed by atoms with Crippen molar-refractivity contribution in [1.29, 1.82) is 0 Å². The van der Waals surface area contributed by atoms with Gasteiger partial charge in [0.15, 0.2) is 0 Å². The number of nitrogens with zero attached hydrogens (tertiary/aromatic N) is 2. The minimum Gasteiger partial charge on any atom is -0.247 e. The van der Waals surface area contributed by atoms with E-state index in [1.54, 1.807) is 0 Å². The van der Waals surface area contributed by atoms with Crippen molar-refractivity contribution in [2.45, 2.75) is 0 Å². The molecule has 0 N–H and O–H groups in total. The highest BCUT2D eigenvalue weighted by atomic mass is 14.7. The molecule has 0 saturated heterocycles. The topological polar surface area (TPSA) is 25.8 Å². The van der Waals surface area contributed by atoms with Gasteiger partial charge in [0.1, 0.15) is 0 Å². The summed E-state index contributed by atoms with van der Waals surface area (Å²) in [4.78, 5) is 9.85. The van der Waals surface area contributed by atoms with Crippen LogP contribution in [0.5, 0.6) is 0 Å². The van der Waals surface area contributed by atoms with Crippen LogP contribution in [0.2, 0.25) is 0 Å². The normalized spacial score (nSPS) is 11.9. The van der Waals surface area contributed by atoms with E-state index in [4.69, 9.17) is 9.97 Å². The van der Waals surface area contributed by atoms with Gasteiger partial charge in [-0.1, -0.05) is 84.9 Å². The average Bonchev–Trinajstić information content (AvgIpc) is 2.80. The Morgan fingerprint density at radius 2 is 0.867 bits per heavy atom. The molecule has 0 bridgehead atoms. The Hall–Kier alpha value is -4.04. The molecule has 2 heteroatoms. The Bertz CT molecular complexity index is 1470. The largest absolute Gasteiger partial charge is 0.247 e. The molecule has 30 heavy (non-hydrogen) atoms. The maximum absolute atomic E-state index is 4.93. The Labute approximate surface area is 174 Å². The van der Waals surface area contributed by atoms with Crippen molar-refractivity contribution < 1.29 is 0 Å². The van der Waals surface area contributed by atoms with Crippen LogP contribution in [0, 0.1) is 0 Å². The first kappa shape index (κ1) is 16.9. The van der Waals surface area contributed by atoms with Crippen LogP contribution >= 0.6 is 0 Å². The monoisotopic (exact) mass is 382 g/mol. The molecule has 2 heterocycles. The quantitative estimate of drug-likeness (QED) is 0.233. The fourth-order valence-electron chi connectivity index (χ4n) is 4.10. The van der Waals surface area contributed by atoms with Crippen molar-refractivity contribution >= 4 is 55.8 Å². The number of fused-ring (bicyclic) bond motifs is 4. The van der Waals surface area contributed by atoms with Crippen LogP contribution in [-0.2, 0) is 0 Å². The van der Waals surface area contributed by atoms with Crippen molar-refractivity contribution in [2.24, 2.45) is 0 Å². The maximum Gasteiger partial charge on any atom is 0.0782 e. The highest BCUT2D eigenvalue weighted by molar-refractivity contribution is 6.00. The third kappa shape index (κ3) is 2.82. The highest BCUT2D eigenvalue weighted by Gasteiger charge is 2.05. The van der Waals surface area contributed by atoms with Gasteiger partial charge in [0.25, 0.3) is 0 Å². The van der Waals surface area contributed by atoms with E-state index in [-0.39, 0.29) is 0 Å². The van der Waals surface area contributed by atoms with Crippen molar-refractivity contribution in [1.82, 2.24) is 9.97 Å². The summed E-state index contributed by atoms with van der Waals surface area (Å²) in [5.41, 5.74) is 6.29. The molecule has 6 aromatic rings. The van der Waals surface area contributed by atoms with Crippen LogP contribution in [0.15, 0.2) is 97.1 Å². The third-order valence-corrected chi connectivity index (χ3v) is 5.60. The second-order valence-corrected chi connectivity index (χ2v) is 7.53. The number of pyridine rings is 2. The lowest BCUT2D eigenvalue weighted by Gasteiger charge is -2.06. The molecule has 0 fully saturated rings. The summed E-state index contributed by atoms with van der Waals surface area (Å²) in [5, 5.41) is 4.63. The van der Waals surface area contributed by atoms with Gasteiger partial charge in [-0.3, -0.25) is 0 Å². The standard InChI is InChI=1S/C28H18N2/c1-3-13-25-21(7-1)17-23-11-5-9-19(27(23)29-25)15-16-20-10-6-12-24-18-22-8-2-4-14-26(22)30-28(20)24/h1-18H. The van der Waals surface area contributed by atoms with E-state index in [0.29, 0.717) is 0 Å². The van der Waals surface area contributed by atoms with Crippen LogP contribution in [0.1, 0.15) is 11.1 Å². The molecule has 0 saturated carbocycles. The Kier molecular flexibility index (Phi) is 3.82. The zero-order valence-corrected chi connectivity index (χ0v) is 16.3. The zero-order valence-electron chi connectivity index (χ0n) is 16.3. The molecule has 2 aromatic heterocycles. The van der Waals surface area contributed by atoms with Crippen LogP contribution in [-0.4, -0.2) is 9.97 Å². The lowest BCUT2D eigenvalue weighted by Crippen LogP contribution is -1.87. The van der Waals surface area contributed by atoms with Gasteiger partial charge in [-0.2, -0.15) is 0 Å². The van der Waals surface area contributed by atoms with Gasteiger partial charge < -0.3 is 0 Å². The summed E-state index contributed by atoms with van der Waals surface area (Å²) in [6, 6.07) is 33.6. The minimum atomic E-state index is 1.02. The van der Waals surface area contributed by atoms with Crippen LogP contribution in [0.25, 0.3) is 55.8 Å². The molecule has 0 amide bonds. The van der Waals surface area contributed by atoms with Crippen molar-refractivity contribution in [3.8, 4) is 0 Å². The predicted octanol–water partition coefficient (Wildman–Crippen LogP) is 7.26. The summed E-state index contributed by atoms with van der Waals surface area (Å²) < 4.78 is 0. The first-order valence-corrected chi connectivity index (χ1v) is 10.1. The van der Waals surface area contributed by atoms with E-state index in [1.165, 1.54) is 0 Å². The fraction of sp³-hybridized carbons (Fsp3) is 0. The van der Waals surface area contributed by atoms with E-state index in [1.807, 2.05) is 12.1 Å². The molecule has 0 radical (unpaired) electrons. The lowest BCUT2D eigenvalue weighted by molar-refractivity contribution is 1.48. The van der Waals surface area contributed by atoms with Gasteiger partial charge in [0.05, 0.1) is 22.1 Å². The minimum absolute atomic E-state index is 1.02. The van der Waals surface area contributed by atoms with E-state index < -0.39 is 0 Å². The molecule has 0 aliphatic rings. The molecule has 2 nitrogen and oxygen atoms in total. The van der Waals surface area contributed by atoms with E-state index in [0.717, 1.165) is 54.7 Å². The molecule has 140 valence electrons. The summed E-state index contributed by atoms with van der Waals surface area (Å²) in [5.74, 6) is 0. The molecule has 0 aliphatic heterocycles. The molecule has 4 aromatic carbocycles. The van der Waals surface area contributed by atoms with Crippen LogP contribution < -0.4 is 0 Å². The van der Waals surface area contributed by atoms with Gasteiger partial charge in [-0.25, -0.2) is 9.97 Å². The molecule has 0 spiro atoms. The molecule has 0 unspecified atom stereocenters. The number of aromatic nitrogens is 2. The van der Waals surface area contributed by atoms with Gasteiger partial charge in [-0.05, 0) is 24.3 Å². The molecule has 0 atom stereocenters. The smallest absolute Gasteiger partial charge is 0.0782 e. The predicted molar refractivity (Wildman–Crippen MR) is 127 cm³/mol. The van der Waals surface area contributed by atoms with Gasteiger partial charge in [0, 0.05) is 32.7 Å².